The zero-order valence-electron chi connectivity index (χ0n) is 37.4. The van der Waals surface area contributed by atoms with E-state index in [4.69, 9.17) is 6.58 Å². The van der Waals surface area contributed by atoms with Crippen LogP contribution in [-0.2, 0) is 0 Å². The molecule has 1 aliphatic heterocycles. The standard InChI is InChI=1S/C59H58N3Si/c1-8-21-41(2)32-35-52-50-28-15-18-29-51(50)56-37-34-46(63(5,6)7)40-62(56)57(52)38-42(3)61(4)59-54-31-20-17-27-49(54)48-26-16-19-30-53(48)58(59)60-55-39-45(43-22-11-9-12-23-43)33-36-47(55)44-24-13-10-14-25-44/h8-31,33-34,36-37,39-40,52,57,60H,2-3,32,35,38H2,1,4-7H3/q+1/b21-8-. The summed E-state index contributed by atoms with van der Waals surface area (Å²) < 4.78 is 2.62. The molecule has 2 unspecified atom stereocenters. The number of hydrogen-bond donors (Lipinski definition) is 1. The van der Waals surface area contributed by atoms with Crippen molar-refractivity contribution in [3.63, 3.8) is 0 Å². The molecule has 2 atom stereocenters. The zero-order chi connectivity index (χ0) is 43.7. The molecular formula is C59H58N3Si+. The third kappa shape index (κ3) is 8.20. The van der Waals surface area contributed by atoms with E-state index >= 15 is 0 Å². The van der Waals surface area contributed by atoms with Crippen molar-refractivity contribution in [1.82, 2.24) is 0 Å². The summed E-state index contributed by atoms with van der Waals surface area (Å²) in [4.78, 5) is 2.39. The molecule has 0 saturated carbocycles. The lowest BCUT2D eigenvalue weighted by molar-refractivity contribution is -0.717. The molecule has 0 saturated heterocycles. The molecule has 8 aromatic rings. The van der Waals surface area contributed by atoms with Crippen LogP contribution in [0, 0.1) is 0 Å². The number of aromatic nitrogens is 1. The molecule has 4 heteroatoms. The molecule has 1 aromatic heterocycles. The summed E-state index contributed by atoms with van der Waals surface area (Å²) in [5.41, 5.74) is 14.2. The SMILES string of the molecule is C=C(/C=C\C)CCC1c2ccccc2-c2ccc([Si](C)(C)C)c[n+]2C1CC(=C)N(C)c1c(Nc2cc(-c3ccccc3)ccc2-c2ccccc2)c2ccccc2c2ccccc12. The van der Waals surface area contributed by atoms with Gasteiger partial charge in [0.2, 0.25) is 5.69 Å². The van der Waals surface area contributed by atoms with Crippen molar-refractivity contribution in [2.24, 2.45) is 0 Å². The molecule has 2 heterocycles. The van der Waals surface area contributed by atoms with Crippen LogP contribution in [0.5, 0.6) is 0 Å². The molecule has 0 amide bonds. The van der Waals surface area contributed by atoms with Crippen LogP contribution in [0.1, 0.15) is 43.7 Å². The molecule has 9 rings (SSSR count). The van der Waals surface area contributed by atoms with Crippen molar-refractivity contribution >= 4 is 51.9 Å². The monoisotopic (exact) mass is 836 g/mol. The number of rotatable bonds is 13. The Morgan fingerprint density at radius 1 is 0.667 bits per heavy atom. The Balaban J connectivity index is 1.20. The maximum Gasteiger partial charge on any atom is 0.213 e. The summed E-state index contributed by atoms with van der Waals surface area (Å²) in [5.74, 6) is 0.267. The third-order valence-electron chi connectivity index (χ3n) is 13.1. The topological polar surface area (TPSA) is 19.1 Å². The summed E-state index contributed by atoms with van der Waals surface area (Å²) in [6.07, 6.45) is 9.47. The first-order valence-electron chi connectivity index (χ1n) is 22.4. The maximum atomic E-state index is 5.00. The van der Waals surface area contributed by atoms with Gasteiger partial charge in [-0.05, 0) is 64.9 Å². The Bertz CT molecular complexity index is 3010. The van der Waals surface area contributed by atoms with Crippen molar-refractivity contribution in [1.29, 1.82) is 0 Å². The van der Waals surface area contributed by atoms with Crippen molar-refractivity contribution in [3.05, 3.63) is 212 Å². The van der Waals surface area contributed by atoms with Crippen molar-refractivity contribution in [3.8, 4) is 33.5 Å². The number of nitrogens with one attached hydrogen (secondary N) is 1. The molecule has 312 valence electrons. The summed E-state index contributed by atoms with van der Waals surface area (Å²) in [6, 6.07) is 59.9. The second kappa shape index (κ2) is 17.6. The number of hydrogen-bond acceptors (Lipinski definition) is 2. The minimum atomic E-state index is -1.64. The predicted molar refractivity (Wildman–Crippen MR) is 274 cm³/mol. The molecule has 0 aliphatic carbocycles. The zero-order valence-corrected chi connectivity index (χ0v) is 38.4. The van der Waals surface area contributed by atoms with Crippen LogP contribution < -0.4 is 20.0 Å². The van der Waals surface area contributed by atoms with Crippen molar-refractivity contribution < 1.29 is 4.57 Å². The van der Waals surface area contributed by atoms with E-state index in [0.29, 0.717) is 0 Å². The van der Waals surface area contributed by atoms with Gasteiger partial charge in [-0.25, -0.2) is 0 Å². The molecule has 63 heavy (non-hydrogen) atoms. The van der Waals surface area contributed by atoms with Crippen molar-refractivity contribution in [2.75, 3.05) is 17.3 Å². The Morgan fingerprint density at radius 2 is 1.29 bits per heavy atom. The average Bonchev–Trinajstić information content (AvgIpc) is 3.31. The molecule has 1 aliphatic rings. The van der Waals surface area contributed by atoms with E-state index in [-0.39, 0.29) is 12.0 Å². The summed E-state index contributed by atoms with van der Waals surface area (Å²) in [5, 5.41) is 10.4. The van der Waals surface area contributed by atoms with Crippen LogP contribution in [0.2, 0.25) is 19.6 Å². The highest BCUT2D eigenvalue weighted by atomic mass is 28.3. The van der Waals surface area contributed by atoms with Crippen LogP contribution in [0.4, 0.5) is 17.1 Å². The quantitative estimate of drug-likeness (QED) is 0.0410. The molecule has 0 radical (unpaired) electrons. The Morgan fingerprint density at radius 3 is 1.98 bits per heavy atom. The van der Waals surface area contributed by atoms with Crippen LogP contribution in [0.25, 0.3) is 55.1 Å². The summed E-state index contributed by atoms with van der Waals surface area (Å²) in [6.45, 7) is 18.9. The van der Waals surface area contributed by atoms with Gasteiger partial charge in [-0.2, -0.15) is 4.57 Å². The Kier molecular flexibility index (Phi) is 11.6. The maximum absolute atomic E-state index is 5.00. The van der Waals surface area contributed by atoms with Gasteiger partial charge in [-0.1, -0.05) is 196 Å². The van der Waals surface area contributed by atoms with E-state index in [2.05, 4.69) is 237 Å². The lowest BCUT2D eigenvalue weighted by Gasteiger charge is -2.34. The van der Waals surface area contributed by atoms with Gasteiger partial charge >= 0.3 is 0 Å². The molecule has 7 aromatic carbocycles. The molecule has 0 fully saturated rings. The second-order valence-corrected chi connectivity index (χ2v) is 23.3. The number of benzene rings is 7. The largest absolute Gasteiger partial charge is 0.353 e. The van der Waals surface area contributed by atoms with Gasteiger partial charge in [0.1, 0.15) is 0 Å². The molecule has 0 bridgehead atoms. The predicted octanol–water partition coefficient (Wildman–Crippen LogP) is 15.2. The highest BCUT2D eigenvalue weighted by molar-refractivity contribution is 6.88. The van der Waals surface area contributed by atoms with E-state index in [1.165, 1.54) is 54.7 Å². The molecule has 1 N–H and O–H groups in total. The number of pyridine rings is 1. The molecule has 3 nitrogen and oxygen atoms in total. The average molecular weight is 837 g/mol. The van der Waals surface area contributed by atoms with Gasteiger partial charge in [0.05, 0.1) is 25.9 Å². The second-order valence-electron chi connectivity index (χ2n) is 18.2. The lowest BCUT2D eigenvalue weighted by atomic mass is 9.78. The van der Waals surface area contributed by atoms with Gasteiger partial charge < -0.3 is 10.2 Å². The fraction of sp³-hybridized carbons (Fsp3) is 0.169. The Labute approximate surface area is 375 Å². The van der Waals surface area contributed by atoms with E-state index in [1.807, 2.05) is 0 Å². The minimum Gasteiger partial charge on any atom is -0.353 e. The van der Waals surface area contributed by atoms with E-state index in [9.17, 15) is 0 Å². The molecule has 0 spiro atoms. The first-order valence-corrected chi connectivity index (χ1v) is 25.9. The van der Waals surface area contributed by atoms with Gasteiger partial charge in [-0.3, -0.25) is 0 Å². The third-order valence-corrected chi connectivity index (χ3v) is 15.1. The van der Waals surface area contributed by atoms with Crippen LogP contribution >= 0.6 is 0 Å². The fourth-order valence-electron chi connectivity index (χ4n) is 9.76. The van der Waals surface area contributed by atoms with Gasteiger partial charge in [0.15, 0.2) is 12.2 Å². The minimum absolute atomic E-state index is 0.148. The lowest BCUT2D eigenvalue weighted by Crippen LogP contribution is -2.53. The normalized spacial score (nSPS) is 14.7. The van der Waals surface area contributed by atoms with E-state index < -0.39 is 8.07 Å². The van der Waals surface area contributed by atoms with Gasteiger partial charge in [-0.15, -0.1) is 0 Å². The number of fused-ring (bicyclic) bond motifs is 6. The highest BCUT2D eigenvalue weighted by Crippen LogP contribution is 2.48. The number of nitrogens with zero attached hydrogens (tertiary/aromatic N) is 2. The Hall–Kier alpha value is -6.75. The summed E-state index contributed by atoms with van der Waals surface area (Å²) >= 11 is 0. The van der Waals surface area contributed by atoms with Crippen LogP contribution in [0.15, 0.2) is 207 Å². The summed E-state index contributed by atoms with van der Waals surface area (Å²) in [7, 11) is 0.589. The first-order chi connectivity index (χ1) is 30.6. The van der Waals surface area contributed by atoms with Crippen molar-refractivity contribution in [2.45, 2.75) is 57.8 Å². The van der Waals surface area contributed by atoms with E-state index in [0.717, 1.165) is 58.7 Å². The number of anilines is 3. The first kappa shape index (κ1) is 41.6. The van der Waals surface area contributed by atoms with Crippen LogP contribution in [-0.4, -0.2) is 15.1 Å². The van der Waals surface area contributed by atoms with Gasteiger partial charge in [0.25, 0.3) is 0 Å². The van der Waals surface area contributed by atoms with Gasteiger partial charge in [0, 0.05) is 57.5 Å². The van der Waals surface area contributed by atoms with Crippen LogP contribution in [0.3, 0.4) is 0 Å². The number of allylic oxidation sites excluding steroid dienone is 4. The smallest absolute Gasteiger partial charge is 0.213 e. The fourth-order valence-corrected chi connectivity index (χ4v) is 10.9. The van der Waals surface area contributed by atoms with E-state index in [1.54, 1.807) is 0 Å². The molecular weight excluding hydrogens is 779 g/mol. The highest BCUT2D eigenvalue weighted by Gasteiger charge is 2.41.